The Labute approximate surface area is 76.3 Å². The second-order valence-electron chi connectivity index (χ2n) is 2.87. The van der Waals surface area contributed by atoms with Gasteiger partial charge in [0.2, 0.25) is 5.91 Å². The van der Waals surface area contributed by atoms with Crippen LogP contribution >= 0.6 is 0 Å². The van der Waals surface area contributed by atoms with Crippen LogP contribution in [0, 0.1) is 0 Å². The lowest BCUT2D eigenvalue weighted by Crippen LogP contribution is -2.21. The number of amides is 1. The molecule has 0 bridgehead atoms. The van der Waals surface area contributed by atoms with E-state index in [1.165, 1.54) is 12.4 Å². The smallest absolute Gasteiger partial charge is 0.244 e. The topological polar surface area (TPSA) is 70.7 Å². The summed E-state index contributed by atoms with van der Waals surface area (Å²) in [6.07, 6.45) is 2.94. The van der Waals surface area contributed by atoms with Gasteiger partial charge in [0.25, 0.3) is 0 Å². The molecule has 70 valence electrons. The minimum atomic E-state index is -0.114. The fourth-order valence-corrected chi connectivity index (χ4v) is 0.800. The van der Waals surface area contributed by atoms with Crippen LogP contribution in [0.2, 0.25) is 0 Å². The van der Waals surface area contributed by atoms with Crippen molar-refractivity contribution in [3.8, 4) is 0 Å². The number of H-pyrrole nitrogens is 1. The minimum Gasteiger partial charge on any atom is -0.345 e. The normalized spacial score (nSPS) is 9.38. The van der Waals surface area contributed by atoms with Crippen molar-refractivity contribution in [1.29, 1.82) is 0 Å². The highest BCUT2D eigenvalue weighted by Crippen LogP contribution is 1.89. The van der Waals surface area contributed by atoms with Gasteiger partial charge >= 0.3 is 0 Å². The van der Waals surface area contributed by atoms with Crippen LogP contribution in [0.5, 0.6) is 0 Å². The van der Waals surface area contributed by atoms with E-state index in [4.69, 9.17) is 0 Å². The van der Waals surface area contributed by atoms with Crippen LogP contribution in [0.4, 0.5) is 0 Å². The lowest BCUT2D eigenvalue weighted by atomic mass is 10.3. The molecule has 0 saturated heterocycles. The minimum absolute atomic E-state index is 0.114. The number of aromatic nitrogens is 3. The number of carbonyl (C=O) groups is 1. The molecule has 0 unspecified atom stereocenters. The van der Waals surface area contributed by atoms with Crippen LogP contribution in [-0.4, -0.2) is 21.1 Å². The SMILES string of the molecule is CC(C)=CC(=O)NCc1ncn[nH]1. The fraction of sp³-hybridized carbons (Fsp3) is 0.375. The summed E-state index contributed by atoms with van der Waals surface area (Å²) in [5, 5.41) is 8.97. The van der Waals surface area contributed by atoms with E-state index >= 15 is 0 Å². The van der Waals surface area contributed by atoms with Crippen LogP contribution in [0.3, 0.4) is 0 Å². The zero-order valence-corrected chi connectivity index (χ0v) is 7.66. The maximum absolute atomic E-state index is 11.1. The van der Waals surface area contributed by atoms with E-state index in [-0.39, 0.29) is 5.91 Å². The van der Waals surface area contributed by atoms with E-state index < -0.39 is 0 Å². The van der Waals surface area contributed by atoms with E-state index in [1.807, 2.05) is 13.8 Å². The number of nitrogens with zero attached hydrogens (tertiary/aromatic N) is 2. The first-order valence-electron chi connectivity index (χ1n) is 3.95. The largest absolute Gasteiger partial charge is 0.345 e. The Morgan fingerprint density at radius 3 is 3.00 bits per heavy atom. The van der Waals surface area contributed by atoms with E-state index in [0.29, 0.717) is 12.4 Å². The molecule has 5 nitrogen and oxygen atoms in total. The maximum Gasteiger partial charge on any atom is 0.244 e. The molecule has 0 aliphatic rings. The van der Waals surface area contributed by atoms with Crippen LogP contribution < -0.4 is 5.32 Å². The molecule has 0 atom stereocenters. The zero-order chi connectivity index (χ0) is 9.68. The Balaban J connectivity index is 2.35. The zero-order valence-electron chi connectivity index (χ0n) is 7.66. The van der Waals surface area contributed by atoms with Gasteiger partial charge in [-0.3, -0.25) is 9.89 Å². The molecule has 0 radical (unpaired) electrons. The number of rotatable bonds is 3. The lowest BCUT2D eigenvalue weighted by molar-refractivity contribution is -0.116. The molecular formula is C8H12N4O. The monoisotopic (exact) mass is 180 g/mol. The van der Waals surface area contributed by atoms with Gasteiger partial charge in [0, 0.05) is 6.08 Å². The van der Waals surface area contributed by atoms with E-state index in [9.17, 15) is 4.79 Å². The molecular weight excluding hydrogens is 168 g/mol. The Bertz CT molecular complexity index is 298. The molecule has 1 heterocycles. The summed E-state index contributed by atoms with van der Waals surface area (Å²) < 4.78 is 0. The van der Waals surface area contributed by atoms with Gasteiger partial charge in [0.1, 0.15) is 12.2 Å². The number of hydrogen-bond acceptors (Lipinski definition) is 3. The quantitative estimate of drug-likeness (QED) is 0.661. The first kappa shape index (κ1) is 9.44. The highest BCUT2D eigenvalue weighted by atomic mass is 16.1. The van der Waals surface area contributed by atoms with Gasteiger partial charge < -0.3 is 5.32 Å². The highest BCUT2D eigenvalue weighted by molar-refractivity contribution is 5.87. The highest BCUT2D eigenvalue weighted by Gasteiger charge is 1.98. The Kier molecular flexibility index (Phi) is 3.19. The van der Waals surface area contributed by atoms with Gasteiger partial charge in [0.15, 0.2) is 0 Å². The van der Waals surface area contributed by atoms with Gasteiger partial charge in [-0.1, -0.05) is 5.57 Å². The number of allylic oxidation sites excluding steroid dienone is 1. The van der Waals surface area contributed by atoms with Crippen molar-refractivity contribution in [2.24, 2.45) is 0 Å². The summed E-state index contributed by atoms with van der Waals surface area (Å²) in [6.45, 7) is 4.12. The number of hydrogen-bond donors (Lipinski definition) is 2. The molecule has 0 aromatic carbocycles. The van der Waals surface area contributed by atoms with Crippen LogP contribution in [0.25, 0.3) is 0 Å². The summed E-state index contributed by atoms with van der Waals surface area (Å²) in [5.74, 6) is 0.534. The summed E-state index contributed by atoms with van der Waals surface area (Å²) >= 11 is 0. The number of aromatic amines is 1. The molecule has 5 heteroatoms. The third-order valence-corrected chi connectivity index (χ3v) is 1.31. The predicted molar refractivity (Wildman–Crippen MR) is 47.7 cm³/mol. The second kappa shape index (κ2) is 4.39. The summed E-state index contributed by atoms with van der Waals surface area (Å²) in [6, 6.07) is 0. The van der Waals surface area contributed by atoms with Crippen LogP contribution in [0.15, 0.2) is 18.0 Å². The van der Waals surface area contributed by atoms with Crippen LogP contribution in [-0.2, 0) is 11.3 Å². The second-order valence-corrected chi connectivity index (χ2v) is 2.87. The Hall–Kier alpha value is -1.65. The molecule has 1 aromatic heterocycles. The Morgan fingerprint density at radius 2 is 2.46 bits per heavy atom. The molecule has 2 N–H and O–H groups in total. The third kappa shape index (κ3) is 3.50. The average Bonchev–Trinajstić information content (AvgIpc) is 2.51. The van der Waals surface area contributed by atoms with Crippen molar-refractivity contribution >= 4 is 5.91 Å². The maximum atomic E-state index is 11.1. The summed E-state index contributed by atoms with van der Waals surface area (Å²) in [5.41, 5.74) is 0.968. The summed E-state index contributed by atoms with van der Waals surface area (Å²) in [7, 11) is 0. The molecule has 0 aliphatic carbocycles. The summed E-state index contributed by atoms with van der Waals surface area (Å²) in [4.78, 5) is 15.0. The van der Waals surface area contributed by atoms with Crippen molar-refractivity contribution in [2.45, 2.75) is 20.4 Å². The molecule has 0 saturated carbocycles. The van der Waals surface area contributed by atoms with Crippen LogP contribution in [0.1, 0.15) is 19.7 Å². The van der Waals surface area contributed by atoms with Crippen molar-refractivity contribution < 1.29 is 4.79 Å². The molecule has 1 rings (SSSR count). The van der Waals surface area contributed by atoms with E-state index in [2.05, 4.69) is 20.5 Å². The van der Waals surface area contributed by atoms with Crippen molar-refractivity contribution in [2.75, 3.05) is 0 Å². The van der Waals surface area contributed by atoms with E-state index in [1.54, 1.807) is 0 Å². The van der Waals surface area contributed by atoms with Gasteiger partial charge in [-0.15, -0.1) is 0 Å². The molecule has 0 fully saturated rings. The lowest BCUT2D eigenvalue weighted by Gasteiger charge is -1.98. The molecule has 0 aliphatic heterocycles. The first-order chi connectivity index (χ1) is 6.18. The molecule has 1 amide bonds. The fourth-order valence-electron chi connectivity index (χ4n) is 0.800. The molecule has 1 aromatic rings. The predicted octanol–water partition coefficient (Wildman–Crippen LogP) is 0.387. The average molecular weight is 180 g/mol. The molecule has 13 heavy (non-hydrogen) atoms. The third-order valence-electron chi connectivity index (χ3n) is 1.31. The van der Waals surface area contributed by atoms with Gasteiger partial charge in [0.05, 0.1) is 6.54 Å². The van der Waals surface area contributed by atoms with Gasteiger partial charge in [-0.2, -0.15) is 5.10 Å². The van der Waals surface area contributed by atoms with E-state index in [0.717, 1.165) is 5.57 Å². The first-order valence-corrected chi connectivity index (χ1v) is 3.95. The van der Waals surface area contributed by atoms with Crippen molar-refractivity contribution in [3.63, 3.8) is 0 Å². The number of nitrogens with one attached hydrogen (secondary N) is 2. The Morgan fingerprint density at radius 1 is 1.69 bits per heavy atom. The van der Waals surface area contributed by atoms with Gasteiger partial charge in [-0.25, -0.2) is 4.98 Å². The standard InChI is InChI=1S/C8H12N4O/c1-6(2)3-8(13)9-4-7-10-5-11-12-7/h3,5H,4H2,1-2H3,(H,9,13)(H,10,11,12). The molecule has 0 spiro atoms. The van der Waals surface area contributed by atoms with Gasteiger partial charge in [-0.05, 0) is 13.8 Å². The van der Waals surface area contributed by atoms with Crippen molar-refractivity contribution in [3.05, 3.63) is 23.8 Å². The van der Waals surface area contributed by atoms with Crippen molar-refractivity contribution in [1.82, 2.24) is 20.5 Å². The number of carbonyl (C=O) groups excluding carboxylic acids is 1.